The van der Waals surface area contributed by atoms with E-state index >= 15 is 0 Å². The van der Waals surface area contributed by atoms with Crippen molar-refractivity contribution in [2.75, 3.05) is 6.54 Å². The zero-order valence-corrected chi connectivity index (χ0v) is 11.1. The molecule has 0 saturated carbocycles. The second-order valence-electron chi connectivity index (χ2n) is 3.35. The molecule has 0 aliphatic heterocycles. The maximum absolute atomic E-state index is 5.43. The average molecular weight is 294 g/mol. The van der Waals surface area contributed by atoms with E-state index in [-0.39, 0.29) is 0 Å². The van der Waals surface area contributed by atoms with Crippen LogP contribution in [-0.2, 0) is 0 Å². The van der Waals surface area contributed by atoms with E-state index in [1.807, 2.05) is 12.1 Å². The van der Waals surface area contributed by atoms with Crippen LogP contribution in [0.2, 0.25) is 0 Å². The third-order valence-electron chi connectivity index (χ3n) is 2.15. The molecular weight excluding hydrogens is 282 g/mol. The molecule has 1 heterocycles. The van der Waals surface area contributed by atoms with Crippen molar-refractivity contribution in [3.63, 3.8) is 0 Å². The van der Waals surface area contributed by atoms with Crippen LogP contribution in [0.1, 0.15) is 4.88 Å². The molecule has 1 aromatic carbocycles. The van der Waals surface area contributed by atoms with Gasteiger partial charge in [-0.1, -0.05) is 34.1 Å². The Bertz CT molecular complexity index is 502. The molecule has 0 saturated heterocycles. The fourth-order valence-corrected chi connectivity index (χ4v) is 2.76. The summed E-state index contributed by atoms with van der Waals surface area (Å²) < 4.78 is 1.11. The van der Waals surface area contributed by atoms with Crippen molar-refractivity contribution in [2.45, 2.75) is 0 Å². The number of thiophene rings is 1. The Kier molecular flexibility index (Phi) is 3.93. The summed E-state index contributed by atoms with van der Waals surface area (Å²) in [5.74, 6) is 0. The van der Waals surface area contributed by atoms with Crippen LogP contribution in [0.25, 0.3) is 16.5 Å². The Hall–Kier alpha value is -0.900. The standard InChI is InChI=1S/C13H12BrNS/c14-11-4-1-3-10(9-11)13-7-6-12(16-13)5-2-8-15/h1-7,9H,8,15H2. The smallest absolute Gasteiger partial charge is 0.0349 e. The zero-order valence-electron chi connectivity index (χ0n) is 8.69. The molecule has 0 aliphatic rings. The van der Waals surface area contributed by atoms with Gasteiger partial charge in [0.05, 0.1) is 0 Å². The first-order valence-electron chi connectivity index (χ1n) is 5.02. The molecule has 0 amide bonds. The summed E-state index contributed by atoms with van der Waals surface area (Å²) >= 11 is 5.25. The highest BCUT2D eigenvalue weighted by atomic mass is 79.9. The number of hydrogen-bond donors (Lipinski definition) is 1. The lowest BCUT2D eigenvalue weighted by Gasteiger charge is -1.97. The van der Waals surface area contributed by atoms with Gasteiger partial charge in [-0.2, -0.15) is 0 Å². The summed E-state index contributed by atoms with van der Waals surface area (Å²) in [6.45, 7) is 0.587. The molecule has 1 aromatic heterocycles. The van der Waals surface area contributed by atoms with E-state index in [0.717, 1.165) is 4.47 Å². The molecule has 1 nitrogen and oxygen atoms in total. The topological polar surface area (TPSA) is 26.0 Å². The number of nitrogens with two attached hydrogens (primary N) is 1. The minimum atomic E-state index is 0.587. The van der Waals surface area contributed by atoms with E-state index in [2.05, 4.69) is 52.3 Å². The molecular formula is C13H12BrNS. The monoisotopic (exact) mass is 293 g/mol. The van der Waals surface area contributed by atoms with E-state index in [9.17, 15) is 0 Å². The summed E-state index contributed by atoms with van der Waals surface area (Å²) in [6.07, 6.45) is 4.03. The van der Waals surface area contributed by atoms with Crippen molar-refractivity contribution in [2.24, 2.45) is 5.73 Å². The Morgan fingerprint density at radius 3 is 2.88 bits per heavy atom. The van der Waals surface area contributed by atoms with E-state index < -0.39 is 0 Å². The van der Waals surface area contributed by atoms with Gasteiger partial charge in [0.15, 0.2) is 0 Å². The van der Waals surface area contributed by atoms with Gasteiger partial charge in [0.1, 0.15) is 0 Å². The maximum Gasteiger partial charge on any atom is 0.0349 e. The first-order valence-corrected chi connectivity index (χ1v) is 6.63. The molecule has 3 heteroatoms. The largest absolute Gasteiger partial charge is 0.327 e. The fourth-order valence-electron chi connectivity index (χ4n) is 1.42. The van der Waals surface area contributed by atoms with Crippen molar-refractivity contribution >= 4 is 33.3 Å². The first-order chi connectivity index (χ1) is 7.79. The lowest BCUT2D eigenvalue weighted by atomic mass is 10.2. The predicted molar refractivity (Wildman–Crippen MR) is 75.5 cm³/mol. The van der Waals surface area contributed by atoms with E-state index in [1.165, 1.54) is 15.3 Å². The van der Waals surface area contributed by atoms with Gasteiger partial charge >= 0.3 is 0 Å². The molecule has 0 spiro atoms. The molecule has 16 heavy (non-hydrogen) atoms. The fraction of sp³-hybridized carbons (Fsp3) is 0.0769. The Labute approximate surface area is 108 Å². The van der Waals surface area contributed by atoms with E-state index in [1.54, 1.807) is 11.3 Å². The van der Waals surface area contributed by atoms with Gasteiger partial charge in [-0.15, -0.1) is 11.3 Å². The molecule has 82 valence electrons. The number of rotatable bonds is 3. The SMILES string of the molecule is NCC=Cc1ccc(-c2cccc(Br)c2)s1. The molecule has 2 aromatic rings. The van der Waals surface area contributed by atoms with E-state index in [4.69, 9.17) is 5.73 Å². The average Bonchev–Trinajstić information content (AvgIpc) is 2.75. The van der Waals surface area contributed by atoms with Gasteiger partial charge in [0.2, 0.25) is 0 Å². The molecule has 0 atom stereocenters. The molecule has 2 rings (SSSR count). The van der Waals surface area contributed by atoms with Gasteiger partial charge in [-0.05, 0) is 35.9 Å². The van der Waals surface area contributed by atoms with Crippen molar-refractivity contribution in [1.29, 1.82) is 0 Å². The number of hydrogen-bond acceptors (Lipinski definition) is 2. The van der Waals surface area contributed by atoms with Gasteiger partial charge in [-0.3, -0.25) is 0 Å². The Morgan fingerprint density at radius 1 is 1.25 bits per heavy atom. The second-order valence-corrected chi connectivity index (χ2v) is 5.38. The van der Waals surface area contributed by atoms with Crippen LogP contribution in [0.4, 0.5) is 0 Å². The number of halogens is 1. The van der Waals surface area contributed by atoms with Crippen molar-refractivity contribution in [3.8, 4) is 10.4 Å². The third-order valence-corrected chi connectivity index (χ3v) is 3.75. The minimum Gasteiger partial charge on any atom is -0.327 e. The second kappa shape index (κ2) is 5.43. The van der Waals surface area contributed by atoms with E-state index in [0.29, 0.717) is 6.54 Å². The van der Waals surface area contributed by atoms with Gasteiger partial charge in [-0.25, -0.2) is 0 Å². The van der Waals surface area contributed by atoms with Gasteiger partial charge < -0.3 is 5.73 Å². The van der Waals surface area contributed by atoms with Gasteiger partial charge in [0.25, 0.3) is 0 Å². The first kappa shape index (κ1) is 11.6. The van der Waals surface area contributed by atoms with Crippen LogP contribution in [0.5, 0.6) is 0 Å². The molecule has 0 fully saturated rings. The normalized spacial score (nSPS) is 11.1. The number of benzene rings is 1. The highest BCUT2D eigenvalue weighted by Crippen LogP contribution is 2.30. The summed E-state index contributed by atoms with van der Waals surface area (Å²) in [4.78, 5) is 2.51. The molecule has 2 N–H and O–H groups in total. The van der Waals surface area contributed by atoms with Crippen LogP contribution < -0.4 is 5.73 Å². The van der Waals surface area contributed by atoms with Crippen LogP contribution >= 0.6 is 27.3 Å². The van der Waals surface area contributed by atoms with Crippen molar-refractivity contribution in [1.82, 2.24) is 0 Å². The molecule has 0 unspecified atom stereocenters. The Morgan fingerprint density at radius 2 is 2.12 bits per heavy atom. The van der Waals surface area contributed by atoms with Gasteiger partial charge in [0, 0.05) is 20.8 Å². The van der Waals surface area contributed by atoms with Crippen molar-refractivity contribution < 1.29 is 0 Å². The van der Waals surface area contributed by atoms with Crippen LogP contribution in [0.3, 0.4) is 0 Å². The highest BCUT2D eigenvalue weighted by molar-refractivity contribution is 9.10. The van der Waals surface area contributed by atoms with Crippen molar-refractivity contribution in [3.05, 3.63) is 51.8 Å². The maximum atomic E-state index is 5.43. The molecule has 0 aliphatic carbocycles. The van der Waals surface area contributed by atoms with Crippen LogP contribution in [-0.4, -0.2) is 6.54 Å². The van der Waals surface area contributed by atoms with Crippen LogP contribution in [0.15, 0.2) is 46.9 Å². The predicted octanol–water partition coefficient (Wildman–Crippen LogP) is 4.15. The summed E-state index contributed by atoms with van der Waals surface area (Å²) in [5.41, 5.74) is 6.67. The molecule has 0 bridgehead atoms. The minimum absolute atomic E-state index is 0.587. The summed E-state index contributed by atoms with van der Waals surface area (Å²) in [7, 11) is 0. The lowest BCUT2D eigenvalue weighted by molar-refractivity contribution is 1.26. The lowest BCUT2D eigenvalue weighted by Crippen LogP contribution is -1.91. The zero-order chi connectivity index (χ0) is 11.4. The van der Waals surface area contributed by atoms with Crippen LogP contribution in [0, 0.1) is 0 Å². The summed E-state index contributed by atoms with van der Waals surface area (Å²) in [6, 6.07) is 12.6. The summed E-state index contributed by atoms with van der Waals surface area (Å²) in [5, 5.41) is 0. The Balaban J connectivity index is 2.28. The third kappa shape index (κ3) is 2.82. The highest BCUT2D eigenvalue weighted by Gasteiger charge is 2.01. The quantitative estimate of drug-likeness (QED) is 0.904. The molecule has 0 radical (unpaired) electrons.